The monoisotopic (exact) mass is 542 g/mol. The van der Waals surface area contributed by atoms with Gasteiger partial charge < -0.3 is 14.0 Å². The summed E-state index contributed by atoms with van der Waals surface area (Å²) in [5.41, 5.74) is -0.250. The third-order valence-electron chi connectivity index (χ3n) is 9.29. The fourth-order valence-corrected chi connectivity index (χ4v) is 10.6. The molecule has 6 heteroatoms. The van der Waals surface area contributed by atoms with Gasteiger partial charge in [-0.3, -0.25) is 0 Å². The summed E-state index contributed by atoms with van der Waals surface area (Å²) in [5, 5.41) is 11.2. The zero-order chi connectivity index (χ0) is 27.9. The average molecular weight is 543 g/mol. The van der Waals surface area contributed by atoms with Crippen LogP contribution in [0.5, 0.6) is 0 Å². The molecule has 1 N–H and O–H groups in total. The Balaban J connectivity index is 5.54. The number of aliphatic hydroxyl groups is 1. The molecule has 0 aromatic rings. The molecule has 0 saturated carbocycles. The van der Waals surface area contributed by atoms with Gasteiger partial charge in [0.15, 0.2) is 16.6 Å². The van der Waals surface area contributed by atoms with Gasteiger partial charge in [-0.05, 0) is 61.6 Å². The van der Waals surface area contributed by atoms with Crippen molar-refractivity contribution in [2.24, 2.45) is 0 Å². The van der Waals surface area contributed by atoms with Crippen LogP contribution in [0.3, 0.4) is 0 Å². The summed E-state index contributed by atoms with van der Waals surface area (Å²) in [7, 11) is -5.04. The van der Waals surface area contributed by atoms with Gasteiger partial charge in [-0.1, -0.05) is 93.3 Å². The molecule has 0 spiro atoms. The molecule has 0 fully saturated rings. The van der Waals surface area contributed by atoms with Gasteiger partial charge in [0, 0.05) is 18.9 Å². The predicted molar refractivity (Wildman–Crippen MR) is 164 cm³/mol. The number of rotatable bonds is 13. The van der Waals surface area contributed by atoms with Crippen molar-refractivity contribution in [1.29, 1.82) is 0 Å². The maximum Gasteiger partial charge on any atom is 0.192 e. The van der Waals surface area contributed by atoms with Crippen molar-refractivity contribution in [3.63, 3.8) is 0 Å². The highest BCUT2D eigenvalue weighted by Gasteiger charge is 2.41. The highest BCUT2D eigenvalue weighted by atomic mass is 28.4. The lowest BCUT2D eigenvalue weighted by Gasteiger charge is -2.43. The van der Waals surface area contributed by atoms with Gasteiger partial charge in [-0.2, -0.15) is 0 Å². The summed E-state index contributed by atoms with van der Waals surface area (Å²) >= 11 is 0. The van der Waals surface area contributed by atoms with E-state index in [1.165, 1.54) is 6.04 Å². The third-order valence-corrected chi connectivity index (χ3v) is 24.2. The van der Waals surface area contributed by atoms with E-state index in [9.17, 15) is 5.11 Å². The molecule has 0 saturated heterocycles. The number of hydrogen-bond acceptors (Lipinski definition) is 3. The van der Waals surface area contributed by atoms with Gasteiger partial charge in [0.1, 0.15) is 6.10 Å². The largest absolute Gasteiger partial charge is 0.414 e. The quantitative estimate of drug-likeness (QED) is 0.186. The van der Waals surface area contributed by atoms with E-state index in [2.05, 4.69) is 114 Å². The summed E-state index contributed by atoms with van der Waals surface area (Å²) in [6, 6.07) is 4.67. The third kappa shape index (κ3) is 11.2. The second-order valence-electron chi connectivity index (χ2n) is 14.4. The molecule has 0 aliphatic heterocycles. The van der Waals surface area contributed by atoms with Gasteiger partial charge >= 0.3 is 0 Å². The maximum absolute atomic E-state index is 10.7. The maximum atomic E-state index is 10.7. The molecule has 0 aromatic heterocycles. The molecule has 3 atom stereocenters. The van der Waals surface area contributed by atoms with Gasteiger partial charge in [-0.25, -0.2) is 0 Å². The first-order valence-electron chi connectivity index (χ1n) is 14.1. The van der Waals surface area contributed by atoms with E-state index in [1.807, 2.05) is 0 Å². The van der Waals surface area contributed by atoms with E-state index >= 15 is 0 Å². The summed E-state index contributed by atoms with van der Waals surface area (Å²) in [5.74, 6) is 6.51. The summed E-state index contributed by atoms with van der Waals surface area (Å²) in [6.45, 7) is 34.7. The zero-order valence-electron chi connectivity index (χ0n) is 26.4. The Labute approximate surface area is 223 Å². The Morgan fingerprint density at radius 1 is 0.829 bits per heavy atom. The van der Waals surface area contributed by atoms with Crippen LogP contribution >= 0.6 is 0 Å². The Morgan fingerprint density at radius 3 is 1.71 bits per heavy atom. The minimum atomic E-state index is -1.85. The first-order valence-corrected chi connectivity index (χ1v) is 22.8. The second kappa shape index (κ2) is 13.2. The fourth-order valence-electron chi connectivity index (χ4n) is 4.07. The summed E-state index contributed by atoms with van der Waals surface area (Å²) in [4.78, 5) is 0. The highest BCUT2D eigenvalue weighted by Crippen LogP contribution is 2.42. The van der Waals surface area contributed by atoms with E-state index in [4.69, 9.17) is 8.85 Å². The van der Waals surface area contributed by atoms with Crippen molar-refractivity contribution in [1.82, 2.24) is 0 Å². The van der Waals surface area contributed by atoms with E-state index in [1.54, 1.807) is 0 Å². The highest BCUT2D eigenvalue weighted by molar-refractivity contribution is 6.80. The lowest BCUT2D eigenvalue weighted by atomic mass is 9.99. The first kappa shape index (κ1) is 35.1. The Hall–Kier alpha value is 0.0906. The predicted octanol–water partition coefficient (Wildman–Crippen LogP) is 9.22. The lowest BCUT2D eigenvalue weighted by Crippen LogP contribution is -2.47. The van der Waals surface area contributed by atoms with Crippen LogP contribution in [-0.2, 0) is 8.85 Å². The zero-order valence-corrected chi connectivity index (χ0v) is 29.4. The van der Waals surface area contributed by atoms with Crippen molar-refractivity contribution in [2.45, 2.75) is 174 Å². The minimum Gasteiger partial charge on any atom is -0.414 e. The molecular weight excluding hydrogens is 481 g/mol. The first-order chi connectivity index (χ1) is 15.6. The van der Waals surface area contributed by atoms with Gasteiger partial charge in [-0.15, -0.1) is 0 Å². The summed E-state index contributed by atoms with van der Waals surface area (Å²) < 4.78 is 13.5. The van der Waals surface area contributed by atoms with Crippen molar-refractivity contribution < 1.29 is 14.0 Å². The molecule has 35 heavy (non-hydrogen) atoms. The van der Waals surface area contributed by atoms with Crippen LogP contribution in [0.4, 0.5) is 0 Å². The molecule has 0 amide bonds. The molecule has 0 rings (SSSR count). The molecule has 0 bridgehead atoms. The Kier molecular flexibility index (Phi) is 13.3. The van der Waals surface area contributed by atoms with E-state index in [0.717, 1.165) is 24.6 Å². The SMILES string of the molecule is CC[Si](CC)(CC)O[C@](C)(CC#C[C@@H](O)C[C@@H](C)O[Si](C)(C)C(C)(C)C)CC[Si](C)(C)C(C)(C)C. The fraction of sp³-hybridized carbons (Fsp3) is 0.931. The molecule has 0 radical (unpaired) electrons. The van der Waals surface area contributed by atoms with Crippen LogP contribution < -0.4 is 0 Å². The van der Waals surface area contributed by atoms with E-state index < -0.39 is 30.8 Å². The number of aliphatic hydroxyl groups excluding tert-OH is 1. The van der Waals surface area contributed by atoms with Crippen molar-refractivity contribution in [3.05, 3.63) is 0 Å². The molecule has 0 unspecified atom stereocenters. The van der Waals surface area contributed by atoms with Crippen LogP contribution in [0.25, 0.3) is 0 Å². The standard InChI is InChI=1S/C29H62O3Si3/c1-16-35(17-2,18-3)32-29(11,22-23-33(12,13)27(5,6)7)21-19-20-26(30)24-25(4)31-34(14,15)28(8,9)10/h25-26,30H,16-18,21-24H2,1-15H3/t25-,26-,29-/m1/s1. The van der Waals surface area contributed by atoms with Crippen LogP contribution in [-0.4, -0.2) is 47.6 Å². The molecule has 0 aromatic carbocycles. The summed E-state index contributed by atoms with van der Waals surface area (Å²) in [6.07, 6.45) is 1.63. The van der Waals surface area contributed by atoms with Crippen LogP contribution in [0, 0.1) is 11.8 Å². The molecule has 0 aliphatic rings. The molecule has 3 nitrogen and oxygen atoms in total. The second-order valence-corrected chi connectivity index (χ2v) is 29.6. The molecule has 208 valence electrons. The Morgan fingerprint density at radius 2 is 1.31 bits per heavy atom. The van der Waals surface area contributed by atoms with Gasteiger partial charge in [0.2, 0.25) is 0 Å². The molecule has 0 aliphatic carbocycles. The smallest absolute Gasteiger partial charge is 0.192 e. The van der Waals surface area contributed by atoms with Crippen LogP contribution in [0.2, 0.25) is 60.4 Å². The van der Waals surface area contributed by atoms with E-state index in [-0.39, 0.29) is 16.7 Å². The normalized spacial score (nSPS) is 17.4. The van der Waals surface area contributed by atoms with Crippen molar-refractivity contribution in [3.8, 4) is 11.8 Å². The van der Waals surface area contributed by atoms with Crippen LogP contribution in [0.15, 0.2) is 0 Å². The van der Waals surface area contributed by atoms with Crippen molar-refractivity contribution in [2.75, 3.05) is 0 Å². The van der Waals surface area contributed by atoms with Gasteiger partial charge in [0.05, 0.1) is 13.7 Å². The van der Waals surface area contributed by atoms with Crippen molar-refractivity contribution >= 4 is 24.7 Å². The molecule has 0 heterocycles. The number of hydrogen-bond donors (Lipinski definition) is 1. The van der Waals surface area contributed by atoms with Crippen LogP contribution in [0.1, 0.15) is 95.4 Å². The minimum absolute atomic E-state index is 0.00161. The van der Waals surface area contributed by atoms with Gasteiger partial charge in [0.25, 0.3) is 0 Å². The topological polar surface area (TPSA) is 38.7 Å². The average Bonchev–Trinajstić information content (AvgIpc) is 2.68. The lowest BCUT2D eigenvalue weighted by molar-refractivity contribution is 0.0757. The molecular formula is C29H62O3Si3. The Bertz CT molecular complexity index is 682. The van der Waals surface area contributed by atoms with E-state index in [0.29, 0.717) is 17.9 Å².